The lowest BCUT2D eigenvalue weighted by Gasteiger charge is -2.43. The number of hydrogen-bond donors (Lipinski definition) is 0. The van der Waals surface area contributed by atoms with Crippen LogP contribution >= 0.6 is 11.6 Å². The topological polar surface area (TPSA) is 119 Å². The van der Waals surface area contributed by atoms with Crippen LogP contribution in [0, 0.1) is 24.0 Å². The Bertz CT molecular complexity index is 1960. The minimum atomic E-state index is -4.66. The van der Waals surface area contributed by atoms with Gasteiger partial charge in [-0.05, 0) is 95.1 Å². The van der Waals surface area contributed by atoms with Gasteiger partial charge in [0, 0.05) is 23.3 Å². The van der Waals surface area contributed by atoms with Crippen LogP contribution in [0.25, 0.3) is 0 Å². The van der Waals surface area contributed by atoms with Crippen molar-refractivity contribution in [1.82, 2.24) is 10.0 Å². The van der Waals surface area contributed by atoms with Crippen molar-refractivity contribution in [2.24, 2.45) is 0 Å². The van der Waals surface area contributed by atoms with E-state index in [1.54, 1.807) is 57.2 Å². The highest BCUT2D eigenvalue weighted by Gasteiger charge is 2.38. The highest BCUT2D eigenvalue weighted by Crippen LogP contribution is 2.37. The number of hydrogen-bond acceptors (Lipinski definition) is 7. The molecule has 0 atom stereocenters. The molecule has 4 aromatic rings. The molecule has 4 rings (SSSR count). The zero-order valence-electron chi connectivity index (χ0n) is 28.6. The fourth-order valence-corrected chi connectivity index (χ4v) is 5.44. The Labute approximate surface area is 297 Å². The third-order valence-electron chi connectivity index (χ3n) is 7.57. The predicted octanol–water partition coefficient (Wildman–Crippen LogP) is 9.35. The Morgan fingerprint density at radius 2 is 1.47 bits per heavy atom. The number of esters is 1. The molecule has 0 radical (unpaired) electrons. The molecule has 0 fully saturated rings. The molecule has 0 bridgehead atoms. The average Bonchev–Trinajstić information content (AvgIpc) is 3.05. The van der Waals surface area contributed by atoms with Gasteiger partial charge in [-0.3, -0.25) is 19.7 Å². The van der Waals surface area contributed by atoms with E-state index in [2.05, 4.69) is 0 Å². The summed E-state index contributed by atoms with van der Waals surface area (Å²) in [6, 6.07) is 17.3. The van der Waals surface area contributed by atoms with Gasteiger partial charge in [0.2, 0.25) is 0 Å². The molecular formula is C37H35ClF3N3O7. The lowest BCUT2D eigenvalue weighted by molar-refractivity contribution is -0.385. The second kappa shape index (κ2) is 15.2. The summed E-state index contributed by atoms with van der Waals surface area (Å²) in [5.41, 5.74) is -0.334. The number of amides is 2. The summed E-state index contributed by atoms with van der Waals surface area (Å²) < 4.78 is 50.4. The number of rotatable bonds is 9. The number of alkyl halides is 3. The van der Waals surface area contributed by atoms with Crippen LogP contribution in [0.5, 0.6) is 11.5 Å². The number of hydrazine groups is 1. The third-order valence-corrected chi connectivity index (χ3v) is 7.87. The van der Waals surface area contributed by atoms with Crippen LogP contribution in [0.3, 0.4) is 0 Å². The lowest BCUT2D eigenvalue weighted by Crippen LogP contribution is -2.58. The van der Waals surface area contributed by atoms with Gasteiger partial charge in [0.15, 0.2) is 6.73 Å². The molecule has 0 aromatic heterocycles. The number of ether oxygens (including phenoxy) is 2. The number of nitro benzene ring substituents is 1. The van der Waals surface area contributed by atoms with Crippen molar-refractivity contribution >= 4 is 35.1 Å². The Hall–Kier alpha value is -5.43. The van der Waals surface area contributed by atoms with Gasteiger partial charge in [-0.25, -0.2) is 14.8 Å². The second-order valence-electron chi connectivity index (χ2n) is 12.7. The van der Waals surface area contributed by atoms with Crippen LogP contribution < -0.4 is 4.74 Å². The van der Waals surface area contributed by atoms with Gasteiger partial charge in [-0.1, -0.05) is 47.9 Å². The monoisotopic (exact) mass is 725 g/mol. The molecule has 0 saturated heterocycles. The molecule has 268 valence electrons. The van der Waals surface area contributed by atoms with Gasteiger partial charge >= 0.3 is 12.1 Å². The molecule has 0 saturated carbocycles. The van der Waals surface area contributed by atoms with E-state index in [0.717, 1.165) is 52.0 Å². The molecule has 0 spiro atoms. The van der Waals surface area contributed by atoms with E-state index in [-0.39, 0.29) is 22.6 Å². The maximum absolute atomic E-state index is 14.2. The molecule has 14 heteroatoms. The van der Waals surface area contributed by atoms with Gasteiger partial charge < -0.3 is 9.47 Å². The van der Waals surface area contributed by atoms with E-state index in [4.69, 9.17) is 21.1 Å². The smallest absolute Gasteiger partial charge is 0.416 e. The zero-order valence-corrected chi connectivity index (χ0v) is 29.4. The summed E-state index contributed by atoms with van der Waals surface area (Å²) >= 11 is 6.01. The van der Waals surface area contributed by atoms with Crippen molar-refractivity contribution < 1.29 is 42.0 Å². The van der Waals surface area contributed by atoms with Crippen molar-refractivity contribution in [2.75, 3.05) is 6.73 Å². The van der Waals surface area contributed by atoms with Gasteiger partial charge in [0.05, 0.1) is 21.0 Å². The molecule has 0 aliphatic rings. The van der Waals surface area contributed by atoms with Crippen molar-refractivity contribution in [3.8, 4) is 11.5 Å². The maximum Gasteiger partial charge on any atom is 0.416 e. The number of halogens is 4. The van der Waals surface area contributed by atoms with Crippen molar-refractivity contribution in [1.29, 1.82) is 0 Å². The van der Waals surface area contributed by atoms with Crippen LogP contribution in [-0.2, 0) is 17.3 Å². The number of benzene rings is 4. The molecule has 0 heterocycles. The third kappa shape index (κ3) is 9.23. The van der Waals surface area contributed by atoms with Crippen molar-refractivity contribution in [3.63, 3.8) is 0 Å². The first-order valence-corrected chi connectivity index (χ1v) is 16.0. The predicted molar refractivity (Wildman–Crippen MR) is 184 cm³/mol. The Balaban J connectivity index is 1.72. The first-order chi connectivity index (χ1) is 23.8. The minimum Gasteiger partial charge on any atom is -0.456 e. The molecule has 0 aliphatic carbocycles. The maximum atomic E-state index is 14.2. The fourth-order valence-electron chi connectivity index (χ4n) is 5.22. The van der Waals surface area contributed by atoms with E-state index < -0.39 is 63.0 Å². The Morgan fingerprint density at radius 3 is 2.00 bits per heavy atom. The fraction of sp³-hybridized carbons (Fsp3) is 0.270. The summed E-state index contributed by atoms with van der Waals surface area (Å²) in [6.07, 6.45) is -3.95. The molecular weight excluding hydrogens is 691 g/mol. The van der Waals surface area contributed by atoms with Crippen molar-refractivity contribution in [3.05, 3.63) is 133 Å². The van der Waals surface area contributed by atoms with Gasteiger partial charge in [-0.15, -0.1) is 0 Å². The van der Waals surface area contributed by atoms with E-state index in [9.17, 15) is 37.7 Å². The number of nitrogens with zero attached hydrogens (tertiary/aromatic N) is 3. The van der Waals surface area contributed by atoms with Crippen LogP contribution in [0.1, 0.15) is 81.0 Å². The normalized spacial score (nSPS) is 11.5. The minimum absolute atomic E-state index is 0.181. The van der Waals surface area contributed by atoms with Gasteiger partial charge in [0.25, 0.3) is 17.5 Å². The first-order valence-electron chi connectivity index (χ1n) is 15.6. The lowest BCUT2D eigenvalue weighted by atomic mass is 10.0. The van der Waals surface area contributed by atoms with Gasteiger partial charge in [0.1, 0.15) is 17.1 Å². The van der Waals surface area contributed by atoms with E-state index in [0.29, 0.717) is 12.5 Å². The number of aryl methyl sites for hydroxylation is 3. The first kappa shape index (κ1) is 38.4. The van der Waals surface area contributed by atoms with E-state index in [1.165, 1.54) is 5.01 Å². The summed E-state index contributed by atoms with van der Waals surface area (Å²) in [4.78, 5) is 52.9. The molecule has 4 aromatic carbocycles. The molecule has 2 amide bonds. The van der Waals surface area contributed by atoms with Crippen LogP contribution in [0.15, 0.2) is 78.9 Å². The largest absolute Gasteiger partial charge is 0.456 e. The van der Waals surface area contributed by atoms with Crippen molar-refractivity contribution in [2.45, 2.75) is 59.7 Å². The summed E-state index contributed by atoms with van der Waals surface area (Å²) in [5, 5.41) is 13.7. The number of carbonyl (C=O) groups is 3. The molecule has 0 N–H and O–H groups in total. The SMILES string of the molecule is CCc1ccc(C(=O)N(COC(=O)c2cc(Oc3ccc(C(F)(F)F)cc3Cl)ccc2[N+](=O)[O-])N(C(=O)c2cc(C)cc(C)c2)C(C)(C)C)cc1. The summed E-state index contributed by atoms with van der Waals surface area (Å²) in [5.74, 6) is -2.91. The molecule has 51 heavy (non-hydrogen) atoms. The molecule has 0 unspecified atom stereocenters. The zero-order chi connectivity index (χ0) is 37.8. The molecule has 0 aliphatic heterocycles. The number of carbonyl (C=O) groups excluding carboxylic acids is 3. The highest BCUT2D eigenvalue weighted by molar-refractivity contribution is 6.32. The number of nitro groups is 1. The summed E-state index contributed by atoms with van der Waals surface area (Å²) in [7, 11) is 0. The standard InChI is InChI=1S/C37H35ClF3N3O7/c1-7-24-8-10-25(11-9-24)33(45)42(43(36(4,5)6)34(46)26-17-22(2)16-23(3)18-26)21-50-35(47)29-20-28(13-14-31(29)44(48)49)51-32-15-12-27(19-30(32)38)37(39,40)41/h8-20H,7,21H2,1-6H3. The Kier molecular flexibility index (Phi) is 11.4. The van der Waals surface area contributed by atoms with E-state index in [1.807, 2.05) is 26.8 Å². The van der Waals surface area contributed by atoms with Crippen LogP contribution in [0.4, 0.5) is 18.9 Å². The highest BCUT2D eigenvalue weighted by atomic mass is 35.5. The van der Waals surface area contributed by atoms with E-state index >= 15 is 0 Å². The quantitative estimate of drug-likeness (QED) is 0.0730. The van der Waals surface area contributed by atoms with Crippen LogP contribution in [-0.4, -0.2) is 45.0 Å². The van der Waals surface area contributed by atoms with Crippen LogP contribution in [0.2, 0.25) is 5.02 Å². The summed E-state index contributed by atoms with van der Waals surface area (Å²) in [6.45, 7) is 9.82. The molecule has 10 nitrogen and oxygen atoms in total. The van der Waals surface area contributed by atoms with Gasteiger partial charge in [-0.2, -0.15) is 13.2 Å². The average molecular weight is 726 g/mol. The Morgan fingerprint density at radius 1 is 0.843 bits per heavy atom. The second-order valence-corrected chi connectivity index (χ2v) is 13.1.